The molecule has 0 saturated heterocycles. The largest absolute Gasteiger partial charge is 2.00 e. The molecule has 1 aromatic carbocycles. The van der Waals surface area contributed by atoms with Gasteiger partial charge in [0.05, 0.1) is 0 Å². The van der Waals surface area contributed by atoms with E-state index in [1.807, 2.05) is 6.07 Å². The summed E-state index contributed by atoms with van der Waals surface area (Å²) in [6, 6.07) is 6.21. The molecule has 2 rings (SSSR count). The summed E-state index contributed by atoms with van der Waals surface area (Å²) in [5, 5.41) is 1.19. The third-order valence-corrected chi connectivity index (χ3v) is 4.38. The molecule has 0 spiro atoms. The van der Waals surface area contributed by atoms with Crippen molar-refractivity contribution < 1.29 is 0 Å². The number of benzene rings is 1. The summed E-state index contributed by atoms with van der Waals surface area (Å²) in [6.45, 7) is 12.9. The predicted octanol–water partition coefficient (Wildman–Crippen LogP) is 3.44. The molecular formula is C17H22BaSi. The van der Waals surface area contributed by atoms with Crippen molar-refractivity contribution in [3.8, 4) is 0 Å². The van der Waals surface area contributed by atoms with E-state index in [4.69, 9.17) is 0 Å². The summed E-state index contributed by atoms with van der Waals surface area (Å²) < 4.78 is 0. The molecule has 0 fully saturated rings. The maximum absolute atomic E-state index is 3.49. The van der Waals surface area contributed by atoms with Crippen molar-refractivity contribution in [1.82, 2.24) is 0 Å². The Bertz CT molecular complexity index is 478. The summed E-state index contributed by atoms with van der Waals surface area (Å²) >= 11 is 0. The molecule has 0 bridgehead atoms. The van der Waals surface area contributed by atoms with Crippen LogP contribution >= 0.6 is 0 Å². The van der Waals surface area contributed by atoms with E-state index in [1.165, 1.54) is 33.0 Å². The third kappa shape index (κ3) is 5.41. The molecule has 0 heterocycles. The molecule has 1 unspecified atom stereocenters. The van der Waals surface area contributed by atoms with E-state index in [1.54, 1.807) is 0 Å². The zero-order valence-corrected chi connectivity index (χ0v) is 18.5. The van der Waals surface area contributed by atoms with Crippen LogP contribution in [0.3, 0.4) is 0 Å². The topological polar surface area (TPSA) is 0 Å². The summed E-state index contributed by atoms with van der Waals surface area (Å²) in [6.07, 6.45) is 3.36. The van der Waals surface area contributed by atoms with E-state index >= 15 is 0 Å². The van der Waals surface area contributed by atoms with Crippen LogP contribution in [0.2, 0.25) is 0 Å². The molecule has 19 heavy (non-hydrogen) atoms. The minimum atomic E-state index is 0. The van der Waals surface area contributed by atoms with Crippen molar-refractivity contribution in [2.45, 2.75) is 41.5 Å². The Morgan fingerprint density at radius 1 is 1.05 bits per heavy atom. The molecule has 0 N–H and O–H groups in total. The van der Waals surface area contributed by atoms with Crippen molar-refractivity contribution in [1.29, 1.82) is 0 Å². The normalized spacial score (nSPS) is 17.4. The molecule has 1 aliphatic rings. The maximum atomic E-state index is 3.49. The average Bonchev–Trinajstić information content (AvgIpc) is 2.54. The van der Waals surface area contributed by atoms with Crippen molar-refractivity contribution >= 4 is 64.3 Å². The Labute approximate surface area is 162 Å². The number of hydrogen-bond donors (Lipinski definition) is 0. The van der Waals surface area contributed by atoms with Gasteiger partial charge in [0, 0.05) is 0 Å². The molecule has 2 heteroatoms. The zero-order valence-electron chi connectivity index (χ0n) is 13.0. The molecule has 0 aromatic heterocycles. The predicted molar refractivity (Wildman–Crippen MR) is 87.0 cm³/mol. The first kappa shape index (κ1) is 19.5. The van der Waals surface area contributed by atoms with Crippen LogP contribution in [0.1, 0.15) is 38.8 Å². The molecule has 0 amide bonds. The number of allylic oxidation sites excluding steroid dienone is 4. The van der Waals surface area contributed by atoms with E-state index in [2.05, 4.69) is 70.0 Å². The summed E-state index contributed by atoms with van der Waals surface area (Å²) in [7, 11) is 3.49. The van der Waals surface area contributed by atoms with Gasteiger partial charge >= 0.3 is 48.9 Å². The van der Waals surface area contributed by atoms with Crippen LogP contribution < -0.4 is 5.19 Å². The van der Waals surface area contributed by atoms with Gasteiger partial charge in [0.2, 0.25) is 0 Å². The fourth-order valence-corrected chi connectivity index (χ4v) is 2.21. The first-order chi connectivity index (χ1) is 8.34. The van der Waals surface area contributed by atoms with Gasteiger partial charge in [-0.3, -0.25) is 11.3 Å². The molecule has 1 aliphatic carbocycles. The van der Waals surface area contributed by atoms with E-state index in [9.17, 15) is 0 Å². The summed E-state index contributed by atoms with van der Waals surface area (Å²) in [5.74, 6) is 0.560. The van der Waals surface area contributed by atoms with Crippen molar-refractivity contribution in [3.05, 3.63) is 52.1 Å². The van der Waals surface area contributed by atoms with Gasteiger partial charge in [0.25, 0.3) is 0 Å². The van der Waals surface area contributed by atoms with Gasteiger partial charge in [-0.2, -0.15) is 11.1 Å². The molecule has 1 atom stereocenters. The number of aryl methyl sites for hydroxylation is 1. The van der Waals surface area contributed by atoms with Crippen LogP contribution in [-0.4, -0.2) is 59.1 Å². The SMILES string of the molecule is CC1=[C-]C(C)C(C)=C1C.Cc1cccc([Si-])c1C.[Ba+2]. The van der Waals surface area contributed by atoms with E-state index in [0.717, 1.165) is 0 Å². The second-order valence-electron chi connectivity index (χ2n) is 5.05. The monoisotopic (exact) mass is 392 g/mol. The van der Waals surface area contributed by atoms with Gasteiger partial charge in [-0.15, -0.1) is 6.92 Å². The Kier molecular flexibility index (Phi) is 8.93. The number of hydrogen-bond acceptors (Lipinski definition) is 0. The standard InChI is InChI=1S/C9H13.C8H9Si.Ba/c1-6-5-7(2)9(4)8(6)3;1-6-4-3-5-8(9)7(6)2;/h6H,1-4H3;3-5H,1-2H3;/q2*-1;+2. The van der Waals surface area contributed by atoms with Crippen LogP contribution in [0.15, 0.2) is 34.9 Å². The summed E-state index contributed by atoms with van der Waals surface area (Å²) in [5.41, 5.74) is 6.91. The van der Waals surface area contributed by atoms with Crippen LogP contribution in [0, 0.1) is 25.8 Å². The zero-order chi connectivity index (χ0) is 13.9. The van der Waals surface area contributed by atoms with Crippen molar-refractivity contribution in [2.24, 2.45) is 5.92 Å². The molecule has 0 saturated carbocycles. The van der Waals surface area contributed by atoms with Crippen molar-refractivity contribution in [3.63, 3.8) is 0 Å². The van der Waals surface area contributed by atoms with Gasteiger partial charge in [-0.1, -0.05) is 56.0 Å². The molecule has 0 aliphatic heterocycles. The minimum absolute atomic E-state index is 0. The minimum Gasteiger partial charge on any atom is -0.652 e. The van der Waals surface area contributed by atoms with Crippen LogP contribution in [-0.2, 0) is 0 Å². The maximum Gasteiger partial charge on any atom is 2.00 e. The van der Waals surface area contributed by atoms with Gasteiger partial charge in [-0.05, 0) is 13.8 Å². The first-order valence-corrected chi connectivity index (χ1v) is 6.90. The number of rotatable bonds is 0. The van der Waals surface area contributed by atoms with E-state index in [-0.39, 0.29) is 48.9 Å². The van der Waals surface area contributed by atoms with Gasteiger partial charge in [0.1, 0.15) is 0 Å². The van der Waals surface area contributed by atoms with Gasteiger partial charge in [0.15, 0.2) is 0 Å². The van der Waals surface area contributed by atoms with Crippen LogP contribution in [0.25, 0.3) is 0 Å². The smallest absolute Gasteiger partial charge is 0.652 e. The van der Waals surface area contributed by atoms with Crippen LogP contribution in [0.5, 0.6) is 0 Å². The summed E-state index contributed by atoms with van der Waals surface area (Å²) in [4.78, 5) is 0. The first-order valence-electron chi connectivity index (χ1n) is 6.40. The quantitative estimate of drug-likeness (QED) is 0.469. The molecular weight excluding hydrogens is 370 g/mol. The van der Waals surface area contributed by atoms with E-state index in [0.29, 0.717) is 5.92 Å². The second kappa shape index (κ2) is 8.70. The van der Waals surface area contributed by atoms with Gasteiger partial charge in [-0.25, -0.2) is 5.57 Å². The molecule has 2 radical (unpaired) electrons. The van der Waals surface area contributed by atoms with Gasteiger partial charge < -0.3 is 10.2 Å². The Balaban J connectivity index is 0.000000324. The average molecular weight is 392 g/mol. The molecule has 96 valence electrons. The van der Waals surface area contributed by atoms with Crippen LogP contribution in [0.4, 0.5) is 0 Å². The third-order valence-electron chi connectivity index (χ3n) is 3.84. The Morgan fingerprint density at radius 2 is 1.63 bits per heavy atom. The fraction of sp³-hybridized carbons (Fsp3) is 0.412. The van der Waals surface area contributed by atoms with Crippen molar-refractivity contribution in [2.75, 3.05) is 0 Å². The molecule has 0 nitrogen and oxygen atoms in total. The fourth-order valence-electron chi connectivity index (χ4n) is 1.91. The Hall–Kier alpha value is 0.488. The van der Waals surface area contributed by atoms with E-state index < -0.39 is 0 Å². The Morgan fingerprint density at radius 3 is 1.89 bits per heavy atom. The molecule has 1 aromatic rings. The second-order valence-corrected chi connectivity index (χ2v) is 5.59.